The Morgan fingerprint density at radius 2 is 2.08 bits per heavy atom. The highest BCUT2D eigenvalue weighted by Crippen LogP contribution is 2.21. The van der Waals surface area contributed by atoms with Gasteiger partial charge in [0.05, 0.1) is 0 Å². The maximum atomic E-state index is 7.82. The number of nitrogens with two attached hydrogens (primary N) is 1. The molecule has 3 N–H and O–H groups in total. The first kappa shape index (κ1) is 10.3. The molecule has 0 unspecified atom stereocenters. The number of hydrogen-bond acceptors (Lipinski definition) is 2. The minimum atomic E-state index is 0.205. The van der Waals surface area contributed by atoms with Crippen LogP contribution in [0.15, 0.2) is 22.7 Å². The molecule has 0 aliphatic carbocycles. The number of hydrogen-bond donors (Lipinski definition) is 2. The zero-order chi connectivity index (χ0) is 10.0. The molecule has 2 nitrogen and oxygen atoms in total. The fourth-order valence-electron chi connectivity index (χ4n) is 1.07. The van der Waals surface area contributed by atoms with E-state index in [1.54, 1.807) is 0 Å². The van der Waals surface area contributed by atoms with Crippen molar-refractivity contribution < 1.29 is 0 Å². The molecule has 0 fully saturated rings. The van der Waals surface area contributed by atoms with Crippen LogP contribution in [0.2, 0.25) is 0 Å². The molecule has 0 spiro atoms. The van der Waals surface area contributed by atoms with Gasteiger partial charge in [0, 0.05) is 21.4 Å². The lowest BCUT2D eigenvalue weighted by molar-refractivity contribution is 0.878. The van der Waals surface area contributed by atoms with Gasteiger partial charge in [0.25, 0.3) is 0 Å². The molecule has 70 valence electrons. The van der Waals surface area contributed by atoms with Gasteiger partial charge in [0.2, 0.25) is 0 Å². The topological polar surface area (TPSA) is 49.9 Å². The molecule has 0 bridgehead atoms. The Hall–Kier alpha value is -0.830. The van der Waals surface area contributed by atoms with Crippen molar-refractivity contribution in [1.29, 1.82) is 5.41 Å². The van der Waals surface area contributed by atoms with Crippen LogP contribution in [0.25, 0.3) is 0 Å². The smallest absolute Gasteiger partial charge is 0.0432 e. The predicted molar refractivity (Wildman–Crippen MR) is 60.2 cm³/mol. The minimum absolute atomic E-state index is 0.205. The zero-order valence-electron chi connectivity index (χ0n) is 7.76. The van der Waals surface area contributed by atoms with Crippen LogP contribution in [0.3, 0.4) is 0 Å². The quantitative estimate of drug-likeness (QED) is 0.606. The van der Waals surface area contributed by atoms with E-state index in [1.165, 1.54) is 0 Å². The summed E-state index contributed by atoms with van der Waals surface area (Å²) in [4.78, 5) is 0. The van der Waals surface area contributed by atoms with Crippen molar-refractivity contribution in [2.75, 3.05) is 5.73 Å². The average molecular weight is 241 g/mol. The molecular formula is C10H13BrN2. The van der Waals surface area contributed by atoms with Gasteiger partial charge in [-0.25, -0.2) is 0 Å². The maximum Gasteiger partial charge on any atom is 0.0432 e. The molecule has 0 heterocycles. The number of nitrogens with one attached hydrogen (secondary N) is 1. The summed E-state index contributed by atoms with van der Waals surface area (Å²) >= 11 is 3.36. The Morgan fingerprint density at radius 1 is 1.46 bits per heavy atom. The van der Waals surface area contributed by atoms with Crippen LogP contribution in [0.1, 0.15) is 19.4 Å². The van der Waals surface area contributed by atoms with Gasteiger partial charge in [-0.15, -0.1) is 0 Å². The van der Waals surface area contributed by atoms with E-state index in [-0.39, 0.29) is 5.92 Å². The third kappa shape index (κ3) is 2.31. The lowest BCUT2D eigenvalue weighted by Gasteiger charge is -2.10. The van der Waals surface area contributed by atoms with Crippen LogP contribution in [0.5, 0.6) is 0 Å². The van der Waals surface area contributed by atoms with E-state index in [4.69, 9.17) is 11.1 Å². The Labute approximate surface area is 86.8 Å². The monoisotopic (exact) mass is 240 g/mol. The lowest BCUT2D eigenvalue weighted by Crippen LogP contribution is -2.10. The fraction of sp³-hybridized carbons (Fsp3) is 0.300. The Kier molecular flexibility index (Phi) is 3.09. The molecule has 0 aromatic heterocycles. The Bertz CT molecular complexity index is 332. The van der Waals surface area contributed by atoms with E-state index in [1.807, 2.05) is 32.0 Å². The van der Waals surface area contributed by atoms with Crippen molar-refractivity contribution in [2.24, 2.45) is 5.92 Å². The van der Waals surface area contributed by atoms with Crippen molar-refractivity contribution in [2.45, 2.75) is 13.8 Å². The largest absolute Gasteiger partial charge is 0.398 e. The van der Waals surface area contributed by atoms with Crippen molar-refractivity contribution in [3.63, 3.8) is 0 Å². The van der Waals surface area contributed by atoms with Gasteiger partial charge in [-0.2, -0.15) is 0 Å². The summed E-state index contributed by atoms with van der Waals surface area (Å²) in [7, 11) is 0. The van der Waals surface area contributed by atoms with Gasteiger partial charge in [-0.05, 0) is 24.1 Å². The molecule has 0 saturated carbocycles. The second-order valence-electron chi connectivity index (χ2n) is 3.30. The van der Waals surface area contributed by atoms with E-state index in [0.29, 0.717) is 11.4 Å². The number of halogens is 1. The standard InChI is InChI=1S/C10H13BrN2/c1-6(2)10(13)8-5-7(11)3-4-9(8)12/h3-6,13H,12H2,1-2H3. The van der Waals surface area contributed by atoms with Crippen LogP contribution in [-0.4, -0.2) is 5.71 Å². The second kappa shape index (κ2) is 3.92. The highest BCUT2D eigenvalue weighted by Gasteiger charge is 2.09. The third-order valence-corrected chi connectivity index (χ3v) is 2.38. The fourth-order valence-corrected chi connectivity index (χ4v) is 1.43. The number of rotatable bonds is 2. The first-order valence-corrected chi connectivity index (χ1v) is 4.95. The first-order chi connectivity index (χ1) is 6.02. The molecular weight excluding hydrogens is 228 g/mol. The molecule has 13 heavy (non-hydrogen) atoms. The van der Waals surface area contributed by atoms with Crippen LogP contribution in [0.4, 0.5) is 5.69 Å². The van der Waals surface area contributed by atoms with Crippen molar-refractivity contribution in [3.05, 3.63) is 28.2 Å². The predicted octanol–water partition coefficient (Wildman–Crippen LogP) is 3.06. The molecule has 1 aromatic carbocycles. The van der Waals surface area contributed by atoms with Gasteiger partial charge in [0.15, 0.2) is 0 Å². The van der Waals surface area contributed by atoms with Gasteiger partial charge in [0.1, 0.15) is 0 Å². The number of benzene rings is 1. The van der Waals surface area contributed by atoms with Crippen molar-refractivity contribution in [3.8, 4) is 0 Å². The summed E-state index contributed by atoms with van der Waals surface area (Å²) in [6.07, 6.45) is 0. The van der Waals surface area contributed by atoms with Crippen LogP contribution in [-0.2, 0) is 0 Å². The molecule has 0 aliphatic heterocycles. The summed E-state index contributed by atoms with van der Waals surface area (Å²) in [5.41, 5.74) is 7.84. The normalized spacial score (nSPS) is 10.5. The molecule has 0 aliphatic rings. The highest BCUT2D eigenvalue weighted by atomic mass is 79.9. The summed E-state index contributed by atoms with van der Waals surface area (Å²) in [5, 5.41) is 7.82. The van der Waals surface area contributed by atoms with E-state index in [9.17, 15) is 0 Å². The summed E-state index contributed by atoms with van der Waals surface area (Å²) < 4.78 is 0.960. The van der Waals surface area contributed by atoms with E-state index >= 15 is 0 Å². The average Bonchev–Trinajstić information content (AvgIpc) is 2.08. The number of nitrogen functional groups attached to an aromatic ring is 1. The lowest BCUT2D eigenvalue weighted by atomic mass is 9.99. The third-order valence-electron chi connectivity index (χ3n) is 1.88. The maximum absolute atomic E-state index is 7.82. The number of anilines is 1. The highest BCUT2D eigenvalue weighted by molar-refractivity contribution is 9.10. The van der Waals surface area contributed by atoms with Gasteiger partial charge in [-0.1, -0.05) is 29.8 Å². The molecule has 1 aromatic rings. The van der Waals surface area contributed by atoms with Crippen LogP contribution < -0.4 is 5.73 Å². The van der Waals surface area contributed by atoms with Crippen LogP contribution in [0, 0.1) is 11.3 Å². The first-order valence-electron chi connectivity index (χ1n) is 4.16. The molecule has 3 heteroatoms. The summed E-state index contributed by atoms with van der Waals surface area (Å²) in [6, 6.07) is 5.58. The van der Waals surface area contributed by atoms with Crippen LogP contribution >= 0.6 is 15.9 Å². The summed E-state index contributed by atoms with van der Waals surface area (Å²) in [6.45, 7) is 3.98. The Morgan fingerprint density at radius 3 is 2.62 bits per heavy atom. The van der Waals surface area contributed by atoms with Crippen molar-refractivity contribution >= 4 is 27.3 Å². The van der Waals surface area contributed by atoms with Gasteiger partial charge < -0.3 is 11.1 Å². The van der Waals surface area contributed by atoms with Gasteiger partial charge in [-0.3, -0.25) is 0 Å². The molecule has 0 amide bonds. The zero-order valence-corrected chi connectivity index (χ0v) is 9.35. The molecule has 0 radical (unpaired) electrons. The molecule has 0 atom stereocenters. The van der Waals surface area contributed by atoms with Gasteiger partial charge >= 0.3 is 0 Å². The minimum Gasteiger partial charge on any atom is -0.398 e. The van der Waals surface area contributed by atoms with E-state index in [0.717, 1.165) is 10.0 Å². The Balaban J connectivity index is 3.13. The van der Waals surface area contributed by atoms with E-state index in [2.05, 4.69) is 15.9 Å². The SMILES string of the molecule is CC(C)C(=N)c1cc(Br)ccc1N. The molecule has 1 rings (SSSR count). The summed E-state index contributed by atoms with van der Waals surface area (Å²) in [5.74, 6) is 0.205. The van der Waals surface area contributed by atoms with Crippen molar-refractivity contribution in [1.82, 2.24) is 0 Å². The van der Waals surface area contributed by atoms with E-state index < -0.39 is 0 Å². The molecule has 0 saturated heterocycles. The second-order valence-corrected chi connectivity index (χ2v) is 4.22.